The number of carboxylic acid groups (broad SMARTS) is 1. The molecule has 1 aliphatic rings. The maximum Gasteiger partial charge on any atom is 0.320 e. The fourth-order valence-corrected chi connectivity index (χ4v) is 2.35. The highest BCUT2D eigenvalue weighted by atomic mass is 16.4. The van der Waals surface area contributed by atoms with Gasteiger partial charge in [-0.2, -0.15) is 0 Å². The molecule has 2 atom stereocenters. The molecule has 0 aromatic carbocycles. The standard InChI is InChI=1S/C12H22N2O3/c1-3-9-4-6-14(7-5-11(15)13-2)10(8-9)12(16)17/h9-10H,3-8H2,1-2H3,(H,13,15)(H,16,17). The number of piperidine rings is 1. The Kier molecular flexibility index (Phi) is 5.41. The van der Waals surface area contributed by atoms with Crippen molar-refractivity contribution in [2.24, 2.45) is 5.92 Å². The number of rotatable bonds is 5. The van der Waals surface area contributed by atoms with Crippen LogP contribution in [0.4, 0.5) is 0 Å². The average molecular weight is 242 g/mol. The predicted molar refractivity (Wildman–Crippen MR) is 64.7 cm³/mol. The smallest absolute Gasteiger partial charge is 0.320 e. The molecule has 17 heavy (non-hydrogen) atoms. The van der Waals surface area contributed by atoms with Gasteiger partial charge in [0.15, 0.2) is 0 Å². The second kappa shape index (κ2) is 6.59. The third-order valence-electron chi connectivity index (χ3n) is 3.59. The van der Waals surface area contributed by atoms with Gasteiger partial charge in [0.05, 0.1) is 0 Å². The first-order chi connectivity index (χ1) is 8.08. The number of carbonyl (C=O) groups excluding carboxylic acids is 1. The molecule has 1 aliphatic heterocycles. The molecule has 1 heterocycles. The van der Waals surface area contributed by atoms with E-state index in [1.165, 1.54) is 0 Å². The number of aliphatic carboxylic acids is 1. The molecule has 2 N–H and O–H groups in total. The van der Waals surface area contributed by atoms with E-state index in [4.69, 9.17) is 0 Å². The molecule has 5 nitrogen and oxygen atoms in total. The van der Waals surface area contributed by atoms with Crippen LogP contribution >= 0.6 is 0 Å². The lowest BCUT2D eigenvalue weighted by molar-refractivity contribution is -0.146. The van der Waals surface area contributed by atoms with E-state index >= 15 is 0 Å². The summed E-state index contributed by atoms with van der Waals surface area (Å²) in [4.78, 5) is 24.3. The fraction of sp³-hybridized carbons (Fsp3) is 0.833. The Balaban J connectivity index is 2.51. The van der Waals surface area contributed by atoms with E-state index in [0.29, 0.717) is 25.3 Å². The van der Waals surface area contributed by atoms with Crippen LogP contribution in [0.3, 0.4) is 0 Å². The molecule has 0 spiro atoms. The number of hydrogen-bond acceptors (Lipinski definition) is 3. The van der Waals surface area contributed by atoms with Gasteiger partial charge in [0.2, 0.25) is 5.91 Å². The molecule has 98 valence electrons. The zero-order chi connectivity index (χ0) is 12.8. The molecule has 0 bridgehead atoms. The van der Waals surface area contributed by atoms with Gasteiger partial charge in [-0.05, 0) is 25.3 Å². The quantitative estimate of drug-likeness (QED) is 0.744. The van der Waals surface area contributed by atoms with Gasteiger partial charge in [-0.25, -0.2) is 0 Å². The zero-order valence-corrected chi connectivity index (χ0v) is 10.6. The Morgan fingerprint density at radius 1 is 1.47 bits per heavy atom. The van der Waals surface area contributed by atoms with Crippen LogP contribution in [0.1, 0.15) is 32.6 Å². The van der Waals surface area contributed by atoms with Crippen LogP contribution in [-0.2, 0) is 9.59 Å². The maximum atomic E-state index is 11.2. The number of amides is 1. The number of likely N-dealkylation sites (tertiary alicyclic amines) is 1. The summed E-state index contributed by atoms with van der Waals surface area (Å²) in [7, 11) is 1.60. The Morgan fingerprint density at radius 3 is 2.71 bits per heavy atom. The highest BCUT2D eigenvalue weighted by Crippen LogP contribution is 2.25. The maximum absolute atomic E-state index is 11.2. The van der Waals surface area contributed by atoms with Crippen LogP contribution < -0.4 is 5.32 Å². The number of hydrogen-bond donors (Lipinski definition) is 2. The van der Waals surface area contributed by atoms with Gasteiger partial charge in [0, 0.05) is 20.0 Å². The monoisotopic (exact) mass is 242 g/mol. The molecule has 0 aromatic heterocycles. The molecule has 1 saturated heterocycles. The Bertz CT molecular complexity index is 281. The average Bonchev–Trinajstić information content (AvgIpc) is 2.35. The van der Waals surface area contributed by atoms with Crippen molar-refractivity contribution in [2.75, 3.05) is 20.1 Å². The van der Waals surface area contributed by atoms with Gasteiger partial charge in [-0.3, -0.25) is 14.5 Å². The number of carboxylic acids is 1. The Hall–Kier alpha value is -1.10. The van der Waals surface area contributed by atoms with Crippen molar-refractivity contribution in [2.45, 2.75) is 38.6 Å². The van der Waals surface area contributed by atoms with Crippen LogP contribution in [-0.4, -0.2) is 48.1 Å². The van der Waals surface area contributed by atoms with Crippen LogP contribution in [0.15, 0.2) is 0 Å². The first-order valence-corrected chi connectivity index (χ1v) is 6.25. The molecular formula is C12H22N2O3. The van der Waals surface area contributed by atoms with Crippen molar-refractivity contribution < 1.29 is 14.7 Å². The summed E-state index contributed by atoms with van der Waals surface area (Å²) in [6.45, 7) is 3.42. The SMILES string of the molecule is CCC1CCN(CCC(=O)NC)C(C(=O)O)C1. The highest BCUT2D eigenvalue weighted by molar-refractivity contribution is 5.76. The topological polar surface area (TPSA) is 69.6 Å². The van der Waals surface area contributed by atoms with Crippen LogP contribution in [0, 0.1) is 5.92 Å². The van der Waals surface area contributed by atoms with E-state index < -0.39 is 12.0 Å². The summed E-state index contributed by atoms with van der Waals surface area (Å²) >= 11 is 0. The minimum absolute atomic E-state index is 0.0354. The van der Waals surface area contributed by atoms with Crippen molar-refractivity contribution >= 4 is 11.9 Å². The number of nitrogens with zero attached hydrogens (tertiary/aromatic N) is 1. The van der Waals surface area contributed by atoms with Crippen LogP contribution in [0.2, 0.25) is 0 Å². The van der Waals surface area contributed by atoms with Gasteiger partial charge < -0.3 is 10.4 Å². The predicted octanol–water partition coefficient (Wildman–Crippen LogP) is 0.698. The Labute approximate surface area is 102 Å². The molecule has 1 fully saturated rings. The first-order valence-electron chi connectivity index (χ1n) is 6.25. The largest absolute Gasteiger partial charge is 0.480 e. The van der Waals surface area contributed by atoms with E-state index in [1.54, 1.807) is 7.05 Å². The van der Waals surface area contributed by atoms with Gasteiger partial charge in [-0.15, -0.1) is 0 Å². The molecule has 1 rings (SSSR count). The molecule has 2 unspecified atom stereocenters. The molecule has 0 aromatic rings. The summed E-state index contributed by atoms with van der Waals surface area (Å²) < 4.78 is 0. The summed E-state index contributed by atoms with van der Waals surface area (Å²) in [5, 5.41) is 11.8. The molecule has 5 heteroatoms. The van der Waals surface area contributed by atoms with Crippen molar-refractivity contribution in [1.82, 2.24) is 10.2 Å². The van der Waals surface area contributed by atoms with E-state index in [0.717, 1.165) is 19.4 Å². The molecule has 0 radical (unpaired) electrons. The van der Waals surface area contributed by atoms with E-state index in [-0.39, 0.29) is 5.91 Å². The Morgan fingerprint density at radius 2 is 2.18 bits per heavy atom. The zero-order valence-electron chi connectivity index (χ0n) is 10.6. The minimum atomic E-state index is -0.764. The van der Waals surface area contributed by atoms with Crippen molar-refractivity contribution in [3.63, 3.8) is 0 Å². The molecular weight excluding hydrogens is 220 g/mol. The van der Waals surface area contributed by atoms with Crippen LogP contribution in [0.25, 0.3) is 0 Å². The second-order valence-electron chi connectivity index (χ2n) is 4.61. The van der Waals surface area contributed by atoms with Crippen molar-refractivity contribution in [3.8, 4) is 0 Å². The third-order valence-corrected chi connectivity index (χ3v) is 3.59. The van der Waals surface area contributed by atoms with Crippen molar-refractivity contribution in [1.29, 1.82) is 0 Å². The van der Waals surface area contributed by atoms with Crippen molar-refractivity contribution in [3.05, 3.63) is 0 Å². The summed E-state index contributed by atoms with van der Waals surface area (Å²) in [6.07, 6.45) is 3.15. The van der Waals surface area contributed by atoms with Crippen LogP contribution in [0.5, 0.6) is 0 Å². The fourth-order valence-electron chi connectivity index (χ4n) is 2.35. The van der Waals surface area contributed by atoms with E-state index in [9.17, 15) is 14.7 Å². The number of carbonyl (C=O) groups is 2. The van der Waals surface area contributed by atoms with Gasteiger partial charge in [0.25, 0.3) is 0 Å². The highest BCUT2D eigenvalue weighted by Gasteiger charge is 2.32. The summed E-state index contributed by atoms with van der Waals surface area (Å²) in [6, 6.07) is -0.418. The lowest BCUT2D eigenvalue weighted by Crippen LogP contribution is -2.48. The third kappa shape index (κ3) is 4.00. The number of nitrogens with one attached hydrogen (secondary N) is 1. The van der Waals surface area contributed by atoms with E-state index in [1.807, 2.05) is 4.90 Å². The summed E-state index contributed by atoms with van der Waals surface area (Å²) in [5.41, 5.74) is 0. The van der Waals surface area contributed by atoms with Gasteiger partial charge in [0.1, 0.15) is 6.04 Å². The molecule has 0 saturated carbocycles. The minimum Gasteiger partial charge on any atom is -0.480 e. The first kappa shape index (κ1) is 14.0. The van der Waals surface area contributed by atoms with Gasteiger partial charge >= 0.3 is 5.97 Å². The lowest BCUT2D eigenvalue weighted by Gasteiger charge is -2.36. The second-order valence-corrected chi connectivity index (χ2v) is 4.61. The molecule has 1 amide bonds. The van der Waals surface area contributed by atoms with E-state index in [2.05, 4.69) is 12.2 Å². The van der Waals surface area contributed by atoms with Gasteiger partial charge in [-0.1, -0.05) is 13.3 Å². The molecule has 0 aliphatic carbocycles. The normalized spacial score (nSPS) is 25.5. The summed E-state index contributed by atoms with van der Waals surface area (Å²) in [5.74, 6) is -0.292. The lowest BCUT2D eigenvalue weighted by atomic mass is 9.89.